The topological polar surface area (TPSA) is 105 Å². The number of ether oxygens (including phenoxy) is 1. The molecule has 2 N–H and O–H groups in total. The van der Waals surface area contributed by atoms with Crippen molar-refractivity contribution in [1.82, 2.24) is 15.5 Å². The third kappa shape index (κ3) is 2.79. The number of nitrogens with zero attached hydrogens (tertiary/aromatic N) is 3. The predicted molar refractivity (Wildman–Crippen MR) is 65.0 cm³/mol. The maximum Gasteiger partial charge on any atom is 0.356 e. The first-order valence-electron chi connectivity index (χ1n) is 5.76. The third-order valence-electron chi connectivity index (χ3n) is 2.84. The Morgan fingerprint density at radius 1 is 1.47 bits per heavy atom. The van der Waals surface area contributed by atoms with Gasteiger partial charge in [0.15, 0.2) is 11.5 Å². The van der Waals surface area contributed by atoms with Gasteiger partial charge in [-0.2, -0.15) is 0 Å². The number of rotatable bonds is 3. The van der Waals surface area contributed by atoms with E-state index in [0.717, 1.165) is 0 Å². The number of carboxylic acids is 1. The summed E-state index contributed by atoms with van der Waals surface area (Å²) in [7, 11) is 1.55. The number of aromatic carboxylic acids is 1. The molecule has 2 heterocycles. The molecule has 19 heavy (non-hydrogen) atoms. The lowest BCUT2D eigenvalue weighted by Crippen LogP contribution is -2.53. The van der Waals surface area contributed by atoms with E-state index in [9.17, 15) is 9.59 Å². The predicted octanol–water partition coefficient (Wildman–Crippen LogP) is -0.874. The number of aromatic nitrogens is 2. The molecule has 0 aromatic carbocycles. The second-order valence-corrected chi connectivity index (χ2v) is 3.98. The molecule has 1 atom stereocenters. The van der Waals surface area contributed by atoms with Crippen LogP contribution in [0.2, 0.25) is 0 Å². The van der Waals surface area contributed by atoms with E-state index in [4.69, 9.17) is 9.84 Å². The number of carbonyl (C=O) groups is 2. The second kappa shape index (κ2) is 5.61. The molecule has 8 nitrogen and oxygen atoms in total. The molecule has 1 saturated heterocycles. The van der Waals surface area contributed by atoms with E-state index in [1.807, 2.05) is 0 Å². The van der Waals surface area contributed by atoms with E-state index in [2.05, 4.69) is 15.5 Å². The third-order valence-corrected chi connectivity index (χ3v) is 2.84. The van der Waals surface area contributed by atoms with Crippen LogP contribution >= 0.6 is 0 Å². The molecule has 1 unspecified atom stereocenters. The van der Waals surface area contributed by atoms with Crippen LogP contribution in [0.25, 0.3) is 0 Å². The fourth-order valence-electron chi connectivity index (χ4n) is 1.85. The number of carboxylic acid groups (broad SMARTS) is 1. The van der Waals surface area contributed by atoms with Crippen LogP contribution in [0, 0.1) is 0 Å². The van der Waals surface area contributed by atoms with E-state index in [0.29, 0.717) is 19.0 Å². The Morgan fingerprint density at radius 3 is 2.84 bits per heavy atom. The van der Waals surface area contributed by atoms with Gasteiger partial charge in [0, 0.05) is 13.6 Å². The van der Waals surface area contributed by atoms with Crippen molar-refractivity contribution in [3.8, 4) is 0 Å². The summed E-state index contributed by atoms with van der Waals surface area (Å²) in [4.78, 5) is 24.2. The minimum atomic E-state index is -1.14. The van der Waals surface area contributed by atoms with Gasteiger partial charge in [0.1, 0.15) is 6.04 Å². The second-order valence-electron chi connectivity index (χ2n) is 3.98. The smallest absolute Gasteiger partial charge is 0.356 e. The van der Waals surface area contributed by atoms with E-state index in [1.165, 1.54) is 12.1 Å². The van der Waals surface area contributed by atoms with E-state index >= 15 is 0 Å². The largest absolute Gasteiger partial charge is 0.476 e. The minimum Gasteiger partial charge on any atom is -0.476 e. The van der Waals surface area contributed by atoms with Gasteiger partial charge in [0.25, 0.3) is 0 Å². The molecule has 1 aromatic heterocycles. The maximum atomic E-state index is 11.8. The van der Waals surface area contributed by atoms with Crippen LogP contribution in [0.3, 0.4) is 0 Å². The van der Waals surface area contributed by atoms with Crippen LogP contribution in [0.4, 0.5) is 5.82 Å². The lowest BCUT2D eigenvalue weighted by atomic mass is 10.2. The fourth-order valence-corrected chi connectivity index (χ4v) is 1.85. The highest BCUT2D eigenvalue weighted by Gasteiger charge is 2.30. The van der Waals surface area contributed by atoms with Gasteiger partial charge in [-0.25, -0.2) is 4.79 Å². The molecule has 1 fully saturated rings. The van der Waals surface area contributed by atoms with Crippen LogP contribution in [-0.2, 0) is 9.53 Å². The Labute approximate surface area is 109 Å². The summed E-state index contributed by atoms with van der Waals surface area (Å²) in [5.74, 6) is -0.852. The van der Waals surface area contributed by atoms with Crippen LogP contribution in [0.1, 0.15) is 10.5 Å². The summed E-state index contributed by atoms with van der Waals surface area (Å²) >= 11 is 0. The maximum absolute atomic E-state index is 11.8. The zero-order valence-corrected chi connectivity index (χ0v) is 10.4. The summed E-state index contributed by atoms with van der Waals surface area (Å²) in [5.41, 5.74) is -0.131. The highest BCUT2D eigenvalue weighted by molar-refractivity contribution is 5.86. The van der Waals surface area contributed by atoms with Gasteiger partial charge < -0.3 is 20.1 Å². The van der Waals surface area contributed by atoms with E-state index in [-0.39, 0.29) is 18.2 Å². The molecule has 0 aliphatic carbocycles. The van der Waals surface area contributed by atoms with Crippen LogP contribution in [0.5, 0.6) is 0 Å². The van der Waals surface area contributed by atoms with Crippen LogP contribution < -0.4 is 10.2 Å². The van der Waals surface area contributed by atoms with Gasteiger partial charge in [-0.15, -0.1) is 10.2 Å². The molecule has 1 aliphatic rings. The Kier molecular flexibility index (Phi) is 3.91. The average Bonchev–Trinajstić information content (AvgIpc) is 2.46. The van der Waals surface area contributed by atoms with Gasteiger partial charge >= 0.3 is 5.97 Å². The number of morpholine rings is 1. The zero-order chi connectivity index (χ0) is 13.8. The lowest BCUT2D eigenvalue weighted by Gasteiger charge is -2.34. The van der Waals surface area contributed by atoms with Crippen LogP contribution in [0.15, 0.2) is 12.1 Å². The summed E-state index contributed by atoms with van der Waals surface area (Å²) < 4.78 is 5.27. The number of amides is 1. The Hall–Kier alpha value is -2.22. The van der Waals surface area contributed by atoms with Crippen molar-refractivity contribution >= 4 is 17.7 Å². The molecule has 0 saturated carbocycles. The fraction of sp³-hybridized carbons (Fsp3) is 0.455. The molecule has 1 aliphatic heterocycles. The number of hydrogen-bond donors (Lipinski definition) is 2. The summed E-state index contributed by atoms with van der Waals surface area (Å²) in [6.45, 7) is 1.25. The standard InChI is InChI=1S/C11H14N4O4/c1-12-10(16)8-6-19-5-4-15(8)9-3-2-7(11(17)18)13-14-9/h2-3,8H,4-6H2,1H3,(H,12,16)(H,17,18). The molecule has 0 bridgehead atoms. The first-order valence-corrected chi connectivity index (χ1v) is 5.76. The Bertz CT molecular complexity index is 476. The molecule has 1 aromatic rings. The molecular weight excluding hydrogens is 252 g/mol. The van der Waals surface area contributed by atoms with Gasteiger partial charge in [-0.3, -0.25) is 4.79 Å². The number of nitrogens with one attached hydrogen (secondary N) is 1. The first-order chi connectivity index (χ1) is 9.13. The number of hydrogen-bond acceptors (Lipinski definition) is 6. The van der Waals surface area contributed by atoms with Crippen molar-refractivity contribution in [1.29, 1.82) is 0 Å². The first kappa shape index (κ1) is 13.2. The molecule has 2 rings (SSSR count). The summed E-state index contributed by atoms with van der Waals surface area (Å²) in [5, 5.41) is 18.8. The van der Waals surface area contributed by atoms with Crippen molar-refractivity contribution < 1.29 is 19.4 Å². The number of likely N-dealkylation sites (N-methyl/N-ethyl adjacent to an activating group) is 1. The van der Waals surface area contributed by atoms with E-state index in [1.54, 1.807) is 11.9 Å². The van der Waals surface area contributed by atoms with Crippen molar-refractivity contribution in [3.63, 3.8) is 0 Å². The highest BCUT2D eigenvalue weighted by Crippen LogP contribution is 2.16. The molecule has 102 valence electrons. The summed E-state index contributed by atoms with van der Waals surface area (Å²) in [6, 6.07) is 2.42. The molecule has 0 radical (unpaired) electrons. The van der Waals surface area contributed by atoms with Crippen molar-refractivity contribution in [2.75, 3.05) is 31.7 Å². The average molecular weight is 266 g/mol. The van der Waals surface area contributed by atoms with Gasteiger partial charge in [0.05, 0.1) is 13.2 Å². The summed E-state index contributed by atoms with van der Waals surface area (Å²) in [6.07, 6.45) is 0. The molecular formula is C11H14N4O4. The zero-order valence-electron chi connectivity index (χ0n) is 10.4. The highest BCUT2D eigenvalue weighted by atomic mass is 16.5. The lowest BCUT2D eigenvalue weighted by molar-refractivity contribution is -0.124. The molecule has 8 heteroatoms. The van der Waals surface area contributed by atoms with E-state index < -0.39 is 12.0 Å². The number of anilines is 1. The monoisotopic (exact) mass is 266 g/mol. The SMILES string of the molecule is CNC(=O)C1COCCN1c1ccc(C(=O)O)nn1. The van der Waals surface area contributed by atoms with Gasteiger partial charge in [0.2, 0.25) is 5.91 Å². The van der Waals surface area contributed by atoms with Crippen molar-refractivity contribution in [2.45, 2.75) is 6.04 Å². The molecule has 0 spiro atoms. The Balaban J connectivity index is 2.22. The normalized spacial score (nSPS) is 19.0. The quantitative estimate of drug-likeness (QED) is 0.732. The minimum absolute atomic E-state index is 0.131. The van der Waals surface area contributed by atoms with Gasteiger partial charge in [-0.05, 0) is 12.1 Å². The number of carbonyl (C=O) groups excluding carboxylic acids is 1. The molecule has 1 amide bonds. The van der Waals surface area contributed by atoms with Gasteiger partial charge in [-0.1, -0.05) is 0 Å². The van der Waals surface area contributed by atoms with Crippen molar-refractivity contribution in [2.24, 2.45) is 0 Å². The van der Waals surface area contributed by atoms with Crippen LogP contribution in [-0.4, -0.2) is 60.0 Å². The van der Waals surface area contributed by atoms with Crippen molar-refractivity contribution in [3.05, 3.63) is 17.8 Å². The Morgan fingerprint density at radius 2 is 2.26 bits per heavy atom.